The van der Waals surface area contributed by atoms with Gasteiger partial charge in [-0.05, 0) is 61.4 Å². The molecule has 5 aliphatic rings. The minimum atomic E-state index is -0.695. The molecular formula is C74H92N8O19. The van der Waals surface area contributed by atoms with E-state index in [4.69, 9.17) is 110 Å². The number of fused-ring (bicyclic) bond motifs is 23. The first kappa shape index (κ1) is 72.4. The maximum Gasteiger partial charge on any atom is 0.339 e. The highest BCUT2D eigenvalue weighted by Crippen LogP contribution is 2.45. The first-order valence-corrected chi connectivity index (χ1v) is 35.8. The number of hydrogen-bond acceptors (Lipinski definition) is 25. The standard InChI is InChI=1S/C74H92N8O19/c1-3-5-7-9-11-13-15-100-73(83)57-41-49-50(42-58(57)74(84)101-16-14-12-10-8-6-4-2)66-75-65(49)76-67-51-43-59-61(96-37-31-90-25-19-85-17-23-88-29-35-94-59)45-53(51)69(78-67)80-71-55-47-63-64(99-40-34-93-28-22-87-21-27-92-33-39-98-63)48-56(55)72(82-71)81-70-54-46-62-60(44-52(54)68(77-66)79-70)95-36-30-89-24-18-86-20-26-91-32-38-97-62/h41-48H,3-40H2,1-2H3,(H2,75,76,77,78,79,80,81,82). The Kier molecular flexibility index (Phi) is 27.3. The molecule has 0 atom stereocenters. The lowest BCUT2D eigenvalue weighted by Crippen LogP contribution is -2.15. The van der Waals surface area contributed by atoms with Crippen LogP contribution in [-0.2, 0) is 52.1 Å². The minimum absolute atomic E-state index is 0.0127. The number of aromatic nitrogens is 8. The van der Waals surface area contributed by atoms with Gasteiger partial charge in [0, 0.05) is 43.8 Å². The fraction of sp³-hybridized carbons (Fsp3) is 0.541. The van der Waals surface area contributed by atoms with E-state index in [0.717, 1.165) is 64.2 Å². The van der Waals surface area contributed by atoms with Crippen LogP contribution in [0, 0.1) is 0 Å². The molecule has 12 rings (SSSR count). The molecule has 0 spiro atoms. The van der Waals surface area contributed by atoms with Gasteiger partial charge in [0.25, 0.3) is 0 Å². The number of H-pyrrole nitrogens is 2. The lowest BCUT2D eigenvalue weighted by molar-refractivity contribution is 0.00708. The van der Waals surface area contributed by atoms with Crippen molar-refractivity contribution in [3.8, 4) is 80.0 Å². The van der Waals surface area contributed by atoms with E-state index in [2.05, 4.69) is 23.8 Å². The summed E-state index contributed by atoms with van der Waals surface area (Å²) in [5.74, 6) is 1.74. The van der Waals surface area contributed by atoms with Gasteiger partial charge < -0.3 is 90.5 Å². The zero-order chi connectivity index (χ0) is 69.2. The van der Waals surface area contributed by atoms with Gasteiger partial charge >= 0.3 is 11.9 Å². The Balaban J connectivity index is 1.10. The molecule has 0 amide bonds. The molecule has 8 bridgehead atoms. The average Bonchev–Trinajstić information content (AvgIpc) is 1.59. The second-order valence-corrected chi connectivity index (χ2v) is 24.5. The van der Waals surface area contributed by atoms with E-state index in [0.29, 0.717) is 182 Å². The van der Waals surface area contributed by atoms with Crippen LogP contribution >= 0.6 is 0 Å². The molecule has 3 aromatic heterocycles. The van der Waals surface area contributed by atoms with Gasteiger partial charge in [0.1, 0.15) is 62.2 Å². The van der Waals surface area contributed by atoms with E-state index in [1.165, 1.54) is 0 Å². The lowest BCUT2D eigenvalue weighted by atomic mass is 9.98. The van der Waals surface area contributed by atoms with E-state index in [1.807, 2.05) is 36.4 Å². The summed E-state index contributed by atoms with van der Waals surface area (Å²) in [6, 6.07) is 14.2. The number of rotatable bonds is 16. The van der Waals surface area contributed by atoms with Crippen LogP contribution in [0.2, 0.25) is 0 Å². The molecule has 0 saturated carbocycles. The maximum atomic E-state index is 14.7. The van der Waals surface area contributed by atoms with Crippen molar-refractivity contribution < 1.29 is 90.1 Å². The van der Waals surface area contributed by atoms with Gasteiger partial charge in [-0.2, -0.15) is 0 Å². The zero-order valence-electron chi connectivity index (χ0n) is 57.9. The second-order valence-electron chi connectivity index (χ2n) is 24.5. The van der Waals surface area contributed by atoms with Crippen LogP contribution in [0.25, 0.3) is 89.7 Å². The van der Waals surface area contributed by atoms with Gasteiger partial charge in [0.2, 0.25) is 0 Å². The number of benzene rings is 4. The molecule has 101 heavy (non-hydrogen) atoms. The molecule has 0 fully saturated rings. The third kappa shape index (κ3) is 19.6. The van der Waals surface area contributed by atoms with Crippen molar-refractivity contribution in [1.82, 2.24) is 39.9 Å². The van der Waals surface area contributed by atoms with Crippen LogP contribution < -0.4 is 28.4 Å². The molecule has 0 unspecified atom stereocenters. The van der Waals surface area contributed by atoms with Gasteiger partial charge in [-0.25, -0.2) is 39.5 Å². The number of nitrogens with zero attached hydrogens (tertiary/aromatic N) is 6. The Morgan fingerprint density at radius 3 is 0.792 bits per heavy atom. The molecule has 4 aromatic carbocycles. The van der Waals surface area contributed by atoms with Gasteiger partial charge in [0.15, 0.2) is 57.8 Å². The van der Waals surface area contributed by atoms with Gasteiger partial charge in [0.05, 0.1) is 143 Å². The second kappa shape index (κ2) is 38.0. The number of esters is 2. The van der Waals surface area contributed by atoms with Crippen molar-refractivity contribution in [3.63, 3.8) is 0 Å². The largest absolute Gasteiger partial charge is 0.487 e. The third-order valence-corrected chi connectivity index (χ3v) is 17.2. The van der Waals surface area contributed by atoms with Crippen molar-refractivity contribution in [2.45, 2.75) is 90.9 Å². The molecule has 5 aliphatic heterocycles. The van der Waals surface area contributed by atoms with E-state index in [9.17, 15) is 9.59 Å². The van der Waals surface area contributed by atoms with Crippen molar-refractivity contribution in [2.24, 2.45) is 0 Å². The van der Waals surface area contributed by atoms with Crippen LogP contribution in [0.3, 0.4) is 0 Å². The normalized spacial score (nSPS) is 16.6. The Bertz CT molecular complexity index is 3820. The van der Waals surface area contributed by atoms with Crippen molar-refractivity contribution in [1.29, 1.82) is 0 Å². The lowest BCUT2D eigenvalue weighted by Gasteiger charge is -2.15. The third-order valence-electron chi connectivity index (χ3n) is 17.2. The highest BCUT2D eigenvalue weighted by molar-refractivity contribution is 6.09. The zero-order valence-corrected chi connectivity index (χ0v) is 57.9. The van der Waals surface area contributed by atoms with Crippen LogP contribution in [0.15, 0.2) is 48.5 Å². The summed E-state index contributed by atoms with van der Waals surface area (Å²) in [4.78, 5) is 68.6. The molecule has 2 N–H and O–H groups in total. The summed E-state index contributed by atoms with van der Waals surface area (Å²) < 4.78 is 103. The maximum absolute atomic E-state index is 14.7. The number of unbranched alkanes of at least 4 members (excludes halogenated alkanes) is 10. The quantitative estimate of drug-likeness (QED) is 0.0671. The van der Waals surface area contributed by atoms with E-state index < -0.39 is 11.9 Å². The minimum Gasteiger partial charge on any atom is -0.487 e. The SMILES string of the molecule is CCCCCCCCOC(=O)c1cc2c(cc1C(=O)OCCCCCCCC)-c1nc-2nc2[nH]c(nc3nc(nc4[nH]c(n1)c1cc5c(cc41)OCCOCCOCCOCCO5)-c1cc4c(cc1-3)OCCOCCOCCOCCO4)c1cc3c(cc21)OCCOCCOCCOCCO3. The smallest absolute Gasteiger partial charge is 0.339 e. The van der Waals surface area contributed by atoms with Gasteiger partial charge in [-0.15, -0.1) is 0 Å². The topological polar surface area (TPSA) is 300 Å². The predicted octanol–water partition coefficient (Wildman–Crippen LogP) is 11.4. The Morgan fingerprint density at radius 1 is 0.297 bits per heavy atom. The highest BCUT2D eigenvalue weighted by Gasteiger charge is 2.31. The molecule has 27 nitrogen and oxygen atoms in total. The molecule has 0 radical (unpaired) electrons. The summed E-state index contributed by atoms with van der Waals surface area (Å²) >= 11 is 0. The highest BCUT2D eigenvalue weighted by atomic mass is 16.6. The molecule has 27 heteroatoms. The number of aromatic amines is 2. The predicted molar refractivity (Wildman–Crippen MR) is 374 cm³/mol. The fourth-order valence-corrected chi connectivity index (χ4v) is 12.0. The monoisotopic (exact) mass is 1400 g/mol. The van der Waals surface area contributed by atoms with Crippen LogP contribution in [0.5, 0.6) is 34.5 Å². The summed E-state index contributed by atoms with van der Waals surface area (Å²) in [7, 11) is 0. The number of carbonyl (C=O) groups excluding carboxylic acids is 2. The fourth-order valence-electron chi connectivity index (χ4n) is 12.0. The van der Waals surface area contributed by atoms with Gasteiger partial charge in [-0.1, -0.05) is 78.1 Å². The Hall–Kier alpha value is -8.38. The molecule has 0 saturated heterocycles. The van der Waals surface area contributed by atoms with Gasteiger partial charge in [-0.3, -0.25) is 0 Å². The first-order valence-electron chi connectivity index (χ1n) is 35.8. The van der Waals surface area contributed by atoms with Crippen molar-refractivity contribution in [3.05, 3.63) is 59.7 Å². The molecule has 542 valence electrons. The molecule has 8 heterocycles. The summed E-state index contributed by atoms with van der Waals surface area (Å²) in [6.07, 6.45) is 11.8. The van der Waals surface area contributed by atoms with E-state index >= 15 is 0 Å². The Labute approximate surface area is 586 Å². The number of hydrogen-bond donors (Lipinski definition) is 2. The van der Waals surface area contributed by atoms with Crippen molar-refractivity contribution >= 4 is 56.1 Å². The number of ether oxygens (including phenoxy) is 17. The first-order chi connectivity index (χ1) is 49.9. The van der Waals surface area contributed by atoms with Crippen LogP contribution in [0.4, 0.5) is 0 Å². The summed E-state index contributed by atoms with van der Waals surface area (Å²) in [5, 5.41) is 2.20. The van der Waals surface area contributed by atoms with Crippen molar-refractivity contribution in [2.75, 3.05) is 172 Å². The average molecular weight is 1400 g/mol. The summed E-state index contributed by atoms with van der Waals surface area (Å²) in [6.45, 7) is 11.9. The number of nitrogens with one attached hydrogen (secondary N) is 2. The molecular weight excluding hydrogens is 1300 g/mol. The number of carbonyl (C=O) groups is 2. The Morgan fingerprint density at radius 2 is 0.525 bits per heavy atom. The summed E-state index contributed by atoms with van der Waals surface area (Å²) in [5.41, 5.74) is 3.03. The van der Waals surface area contributed by atoms with E-state index in [1.54, 1.807) is 12.1 Å². The van der Waals surface area contributed by atoms with E-state index in [-0.39, 0.29) is 138 Å². The van der Waals surface area contributed by atoms with Crippen LogP contribution in [-0.4, -0.2) is 224 Å². The van der Waals surface area contributed by atoms with Crippen LogP contribution in [0.1, 0.15) is 112 Å². The molecule has 0 aliphatic carbocycles. The molecule has 7 aromatic rings.